The van der Waals surface area contributed by atoms with Gasteiger partial charge < -0.3 is 5.11 Å². The van der Waals surface area contributed by atoms with E-state index >= 15 is 0 Å². The summed E-state index contributed by atoms with van der Waals surface area (Å²) in [6, 6.07) is 14.5. The predicted octanol–water partition coefficient (Wildman–Crippen LogP) is 5.02. The highest BCUT2D eigenvalue weighted by Crippen LogP contribution is 2.38. The number of hydrogen-bond acceptors (Lipinski definition) is 1. The molecule has 1 nitrogen and oxygen atoms in total. The van der Waals surface area contributed by atoms with E-state index in [1.807, 2.05) is 12.1 Å². The Bertz CT molecular complexity index is 822. The summed E-state index contributed by atoms with van der Waals surface area (Å²) in [6.07, 6.45) is 2.66. The number of aliphatic hydroxyl groups is 1. The molecule has 0 spiro atoms. The number of benzene rings is 3. The van der Waals surface area contributed by atoms with E-state index < -0.39 is 0 Å². The highest BCUT2D eigenvalue weighted by Gasteiger charge is 2.20. The monoisotopic (exact) mass is 282 g/mol. The highest BCUT2D eigenvalue weighted by atomic mass is 35.5. The molecule has 0 aliphatic heterocycles. The Kier molecular flexibility index (Phi) is 2.73. The molecule has 100 valence electrons. The van der Waals surface area contributed by atoms with Crippen LogP contribution in [0, 0.1) is 0 Å². The van der Waals surface area contributed by atoms with Gasteiger partial charge in [0.2, 0.25) is 0 Å². The molecule has 0 heterocycles. The maximum atomic E-state index is 10.4. The zero-order chi connectivity index (χ0) is 13.7. The fourth-order valence-electron chi connectivity index (χ4n) is 3.45. The van der Waals surface area contributed by atoms with Gasteiger partial charge in [-0.3, -0.25) is 0 Å². The van der Waals surface area contributed by atoms with Crippen molar-refractivity contribution in [3.8, 4) is 0 Å². The number of aryl methyl sites for hydroxylation is 1. The predicted molar refractivity (Wildman–Crippen MR) is 84.4 cm³/mol. The second-order valence-corrected chi connectivity index (χ2v) is 5.95. The Morgan fingerprint density at radius 1 is 0.900 bits per heavy atom. The van der Waals surface area contributed by atoms with Gasteiger partial charge in [0.15, 0.2) is 0 Å². The largest absolute Gasteiger partial charge is 0.388 e. The lowest BCUT2D eigenvalue weighted by molar-refractivity contribution is 0.158. The summed E-state index contributed by atoms with van der Waals surface area (Å²) >= 11 is 6.28. The zero-order valence-corrected chi connectivity index (χ0v) is 11.8. The lowest BCUT2D eigenvalue weighted by atomic mass is 9.85. The Morgan fingerprint density at radius 2 is 1.65 bits per heavy atom. The number of fused-ring (bicyclic) bond motifs is 5. The third kappa shape index (κ3) is 1.67. The maximum absolute atomic E-state index is 10.4. The molecule has 4 rings (SSSR count). The number of halogens is 1. The van der Waals surface area contributed by atoms with Gasteiger partial charge in [-0.25, -0.2) is 0 Å². The van der Waals surface area contributed by atoms with Crippen molar-refractivity contribution < 1.29 is 5.11 Å². The Labute approximate surface area is 122 Å². The first kappa shape index (κ1) is 12.2. The first-order valence-electron chi connectivity index (χ1n) is 7.06. The molecule has 0 bridgehead atoms. The van der Waals surface area contributed by atoms with Crippen LogP contribution in [0.5, 0.6) is 0 Å². The van der Waals surface area contributed by atoms with Crippen LogP contribution >= 0.6 is 11.6 Å². The minimum Gasteiger partial charge on any atom is -0.388 e. The van der Waals surface area contributed by atoms with E-state index in [0.29, 0.717) is 0 Å². The number of hydrogen-bond donors (Lipinski definition) is 1. The van der Waals surface area contributed by atoms with E-state index in [1.54, 1.807) is 0 Å². The molecule has 0 fully saturated rings. The van der Waals surface area contributed by atoms with E-state index in [-0.39, 0.29) is 6.10 Å². The number of rotatable bonds is 0. The molecule has 3 aromatic rings. The quantitative estimate of drug-likeness (QED) is 0.574. The van der Waals surface area contributed by atoms with E-state index in [4.69, 9.17) is 11.6 Å². The van der Waals surface area contributed by atoms with Crippen LogP contribution in [-0.4, -0.2) is 5.11 Å². The Hall–Kier alpha value is -1.57. The zero-order valence-electron chi connectivity index (χ0n) is 11.1. The van der Waals surface area contributed by atoms with E-state index in [1.165, 1.54) is 16.3 Å². The van der Waals surface area contributed by atoms with Crippen molar-refractivity contribution in [2.75, 3.05) is 0 Å². The van der Waals surface area contributed by atoms with Crippen molar-refractivity contribution in [3.63, 3.8) is 0 Å². The second-order valence-electron chi connectivity index (χ2n) is 5.54. The van der Waals surface area contributed by atoms with Gasteiger partial charge in [-0.2, -0.15) is 0 Å². The van der Waals surface area contributed by atoms with Crippen LogP contribution in [0.1, 0.15) is 30.1 Å². The van der Waals surface area contributed by atoms with Crippen molar-refractivity contribution in [2.45, 2.75) is 25.4 Å². The van der Waals surface area contributed by atoms with Gasteiger partial charge in [-0.15, -0.1) is 0 Å². The molecule has 1 aliphatic carbocycles. The summed E-state index contributed by atoms with van der Waals surface area (Å²) in [4.78, 5) is 0. The minimum atomic E-state index is -0.334. The molecule has 1 aliphatic rings. The van der Waals surface area contributed by atoms with Crippen molar-refractivity contribution in [1.82, 2.24) is 0 Å². The fourth-order valence-corrected chi connectivity index (χ4v) is 3.68. The molecular formula is C18H15ClO. The molecular weight excluding hydrogens is 268 g/mol. The highest BCUT2D eigenvalue weighted by molar-refractivity contribution is 6.36. The van der Waals surface area contributed by atoms with Crippen LogP contribution in [0.15, 0.2) is 42.5 Å². The van der Waals surface area contributed by atoms with Gasteiger partial charge in [0.1, 0.15) is 0 Å². The third-order valence-corrected chi connectivity index (χ3v) is 4.72. The molecule has 0 radical (unpaired) electrons. The van der Waals surface area contributed by atoms with E-state index in [0.717, 1.165) is 40.6 Å². The van der Waals surface area contributed by atoms with Crippen LogP contribution < -0.4 is 0 Å². The van der Waals surface area contributed by atoms with Crippen molar-refractivity contribution in [3.05, 3.63) is 58.6 Å². The van der Waals surface area contributed by atoms with Crippen molar-refractivity contribution >= 4 is 33.1 Å². The molecule has 1 atom stereocenters. The maximum Gasteiger partial charge on any atom is 0.0798 e. The molecule has 1 N–H and O–H groups in total. The summed E-state index contributed by atoms with van der Waals surface area (Å²) in [6.45, 7) is 0. The molecule has 0 saturated heterocycles. The van der Waals surface area contributed by atoms with Crippen molar-refractivity contribution in [2.24, 2.45) is 0 Å². The van der Waals surface area contributed by atoms with Crippen LogP contribution in [0.3, 0.4) is 0 Å². The van der Waals surface area contributed by atoms with Gasteiger partial charge in [-0.1, -0.05) is 48.0 Å². The summed E-state index contributed by atoms with van der Waals surface area (Å²) in [5.74, 6) is 0. The topological polar surface area (TPSA) is 20.2 Å². The average molecular weight is 283 g/mol. The molecule has 20 heavy (non-hydrogen) atoms. The van der Waals surface area contributed by atoms with Gasteiger partial charge in [-0.05, 0) is 52.6 Å². The second kappa shape index (κ2) is 4.47. The molecule has 2 heteroatoms. The SMILES string of the molecule is OC1CCCc2ccc3c(ccc4c(Cl)cccc43)c21. The molecule has 0 saturated carbocycles. The summed E-state index contributed by atoms with van der Waals surface area (Å²) in [5.41, 5.74) is 2.41. The summed E-state index contributed by atoms with van der Waals surface area (Å²) in [5, 5.41) is 15.7. The average Bonchev–Trinajstić information content (AvgIpc) is 2.47. The molecule has 3 aromatic carbocycles. The molecule has 1 unspecified atom stereocenters. The first-order valence-corrected chi connectivity index (χ1v) is 7.44. The molecule has 0 aromatic heterocycles. The first-order chi connectivity index (χ1) is 9.75. The van der Waals surface area contributed by atoms with Crippen molar-refractivity contribution in [1.29, 1.82) is 0 Å². The smallest absolute Gasteiger partial charge is 0.0798 e. The van der Waals surface area contributed by atoms with Gasteiger partial charge in [0.25, 0.3) is 0 Å². The summed E-state index contributed by atoms with van der Waals surface area (Å²) < 4.78 is 0. The molecule has 0 amide bonds. The summed E-state index contributed by atoms with van der Waals surface area (Å²) in [7, 11) is 0. The van der Waals surface area contributed by atoms with E-state index in [9.17, 15) is 5.11 Å². The standard InChI is InChI=1S/C18H15ClO/c19-16-5-2-4-12-13-8-7-11-3-1-6-17(20)18(11)15(13)10-9-14(12)16/h2,4-5,7-10,17,20H,1,3,6H2. The van der Waals surface area contributed by atoms with Crippen LogP contribution in [0.4, 0.5) is 0 Å². The normalized spacial score (nSPS) is 18.4. The van der Waals surface area contributed by atoms with Gasteiger partial charge in [0, 0.05) is 10.4 Å². The van der Waals surface area contributed by atoms with E-state index in [2.05, 4.69) is 30.3 Å². The Balaban J connectivity index is 2.15. The Morgan fingerprint density at radius 3 is 2.55 bits per heavy atom. The van der Waals surface area contributed by atoms with Gasteiger partial charge >= 0.3 is 0 Å². The number of aliphatic hydroxyl groups excluding tert-OH is 1. The van der Waals surface area contributed by atoms with Crippen LogP contribution in [-0.2, 0) is 6.42 Å². The van der Waals surface area contributed by atoms with Crippen LogP contribution in [0.25, 0.3) is 21.5 Å². The minimum absolute atomic E-state index is 0.334. The lowest BCUT2D eigenvalue weighted by Gasteiger charge is -2.23. The lowest BCUT2D eigenvalue weighted by Crippen LogP contribution is -2.09. The third-order valence-electron chi connectivity index (χ3n) is 4.39. The van der Waals surface area contributed by atoms with Crippen LogP contribution in [0.2, 0.25) is 5.02 Å². The fraction of sp³-hybridized carbons (Fsp3) is 0.222. The van der Waals surface area contributed by atoms with Gasteiger partial charge in [0.05, 0.1) is 6.10 Å².